The van der Waals surface area contributed by atoms with Gasteiger partial charge >= 0.3 is 11.9 Å². The Balaban J connectivity index is 2.19. The van der Waals surface area contributed by atoms with Gasteiger partial charge in [-0.3, -0.25) is 38.3 Å². The van der Waals surface area contributed by atoms with Crippen LogP contribution in [0.4, 0.5) is 5.69 Å². The van der Waals surface area contributed by atoms with Crippen LogP contribution in [0.25, 0.3) is 0 Å². The van der Waals surface area contributed by atoms with E-state index in [0.717, 1.165) is 30.8 Å². The predicted molar refractivity (Wildman–Crippen MR) is 250 cm³/mol. The standard InChI is InChI=1S/C43H71N9O15S/c1-3-17-46-31-11-9-30(10-12-31)41(59)49-18-5-4-7-32(40(44)58)50-38(56)28-66-25-23-65-22-20-48-36(54)15-13-33(42(60)61)51-37(55)16-14-34(43(62)63)52-39(57)29-67-26-24-64-21-19-47-35(53)8-6-27-68-45-2/h9-12,32-34,45-46H,3-8,13-29H2,1-2H3,(H2,44,58)(H,47,53)(H,48,54)(H,49,59)(H,50,56)(H,51,55)(H,52,57)(H,60,61)(H,62,63). The zero-order valence-electron chi connectivity index (χ0n) is 39.0. The van der Waals surface area contributed by atoms with Crippen LogP contribution >= 0.6 is 11.9 Å². The molecule has 24 nitrogen and oxygen atoms in total. The molecule has 0 radical (unpaired) electrons. The Morgan fingerprint density at radius 3 is 1.62 bits per heavy atom. The molecule has 0 bridgehead atoms. The average molecular weight is 986 g/mol. The van der Waals surface area contributed by atoms with E-state index < -0.39 is 72.6 Å². The van der Waals surface area contributed by atoms with E-state index in [9.17, 15) is 53.4 Å². The first kappa shape index (κ1) is 60.4. The average Bonchev–Trinajstić information content (AvgIpc) is 3.30. The first-order valence-electron chi connectivity index (χ1n) is 22.5. The van der Waals surface area contributed by atoms with Gasteiger partial charge < -0.3 is 72.1 Å². The molecule has 0 saturated heterocycles. The molecule has 1 aromatic rings. The van der Waals surface area contributed by atoms with Crippen LogP contribution in [-0.4, -0.2) is 173 Å². The van der Waals surface area contributed by atoms with Crippen molar-refractivity contribution in [3.05, 3.63) is 29.8 Å². The molecule has 384 valence electrons. The van der Waals surface area contributed by atoms with E-state index in [1.54, 1.807) is 12.1 Å². The lowest BCUT2D eigenvalue weighted by molar-refractivity contribution is -0.144. The predicted octanol–water partition coefficient (Wildman–Crippen LogP) is -0.976. The van der Waals surface area contributed by atoms with E-state index >= 15 is 0 Å². The summed E-state index contributed by atoms with van der Waals surface area (Å²) in [5.41, 5.74) is 6.91. The van der Waals surface area contributed by atoms with Crippen molar-refractivity contribution in [1.29, 1.82) is 0 Å². The smallest absolute Gasteiger partial charge is 0.326 e. The van der Waals surface area contributed by atoms with E-state index in [-0.39, 0.29) is 90.3 Å². The van der Waals surface area contributed by atoms with Crippen molar-refractivity contribution in [1.82, 2.24) is 36.6 Å². The molecule has 0 aliphatic rings. The lowest BCUT2D eigenvalue weighted by Gasteiger charge is -2.17. The third-order valence-corrected chi connectivity index (χ3v) is 10.1. The van der Waals surface area contributed by atoms with Crippen LogP contribution in [0.15, 0.2) is 24.3 Å². The lowest BCUT2D eigenvalue weighted by Crippen LogP contribution is -2.45. The molecule has 7 amide bonds. The molecule has 1 rings (SSSR count). The molecule has 1 aromatic carbocycles. The van der Waals surface area contributed by atoms with Gasteiger partial charge in [0.05, 0.1) is 39.6 Å². The summed E-state index contributed by atoms with van der Waals surface area (Å²) in [7, 11) is 1.81. The summed E-state index contributed by atoms with van der Waals surface area (Å²) >= 11 is 1.52. The number of ether oxygens (including phenoxy) is 4. The number of rotatable bonds is 42. The normalized spacial score (nSPS) is 12.1. The number of carboxylic acid groups (broad SMARTS) is 2. The number of carboxylic acids is 2. The molecule has 0 aromatic heterocycles. The fraction of sp³-hybridized carbons (Fsp3) is 0.651. The second kappa shape index (κ2) is 38.4. The minimum absolute atomic E-state index is 0.0206. The van der Waals surface area contributed by atoms with Crippen LogP contribution in [0.5, 0.6) is 0 Å². The molecule has 0 aliphatic heterocycles. The number of nitrogens with two attached hydrogens (primary N) is 1. The highest BCUT2D eigenvalue weighted by molar-refractivity contribution is 7.97. The van der Waals surface area contributed by atoms with Crippen molar-refractivity contribution >= 4 is 70.9 Å². The number of nitrogens with one attached hydrogen (secondary N) is 8. The maximum atomic E-state index is 12.5. The SMILES string of the molecule is CCCNc1ccc(C(=O)NCCCCC(NC(=O)COCCOCCNC(=O)CCC(NC(=O)CCC(NC(=O)COCCOCCNC(=O)CCCSNC)C(=O)O)C(=O)O)C(N)=O)cc1. The van der Waals surface area contributed by atoms with Gasteiger partial charge in [-0.25, -0.2) is 9.59 Å². The first-order chi connectivity index (χ1) is 32.7. The van der Waals surface area contributed by atoms with Crippen LogP contribution in [0.3, 0.4) is 0 Å². The van der Waals surface area contributed by atoms with Gasteiger partial charge in [-0.1, -0.05) is 18.9 Å². The number of unbranched alkanes of at least 4 members (excludes halogenated alkanes) is 1. The van der Waals surface area contributed by atoms with E-state index in [0.29, 0.717) is 37.9 Å². The van der Waals surface area contributed by atoms with E-state index in [1.807, 2.05) is 19.2 Å². The molecule has 12 N–H and O–H groups in total. The van der Waals surface area contributed by atoms with Crippen LogP contribution in [0.1, 0.15) is 81.5 Å². The molecule has 0 heterocycles. The zero-order chi connectivity index (χ0) is 50.4. The van der Waals surface area contributed by atoms with Gasteiger partial charge in [0, 0.05) is 62.4 Å². The molecule has 3 unspecified atom stereocenters. The van der Waals surface area contributed by atoms with Gasteiger partial charge in [0.1, 0.15) is 31.3 Å². The largest absolute Gasteiger partial charge is 0.480 e. The summed E-state index contributed by atoms with van der Waals surface area (Å²) in [6.45, 7) is 3.35. The van der Waals surface area contributed by atoms with Crippen molar-refractivity contribution in [2.75, 3.05) is 97.2 Å². The summed E-state index contributed by atoms with van der Waals surface area (Å²) in [4.78, 5) is 109. The van der Waals surface area contributed by atoms with Gasteiger partial charge in [-0.05, 0) is 76.3 Å². The monoisotopic (exact) mass is 985 g/mol. The first-order valence-corrected chi connectivity index (χ1v) is 23.5. The number of primary amides is 1. The molecule has 0 fully saturated rings. The van der Waals surface area contributed by atoms with Crippen LogP contribution < -0.4 is 47.7 Å². The third kappa shape index (κ3) is 31.4. The molecule has 0 saturated carbocycles. The molecule has 3 atom stereocenters. The Hall–Kier alpha value is -5.60. The summed E-state index contributed by atoms with van der Waals surface area (Å²) in [5, 5.41) is 37.4. The van der Waals surface area contributed by atoms with Crippen molar-refractivity contribution in [3.8, 4) is 0 Å². The second-order valence-electron chi connectivity index (χ2n) is 15.0. The molecule has 68 heavy (non-hydrogen) atoms. The van der Waals surface area contributed by atoms with Gasteiger partial charge in [-0.2, -0.15) is 0 Å². The number of anilines is 1. The maximum absolute atomic E-state index is 12.5. The number of aliphatic carboxylic acids is 2. The Kier molecular flexibility index (Phi) is 34.1. The fourth-order valence-corrected chi connectivity index (χ4v) is 6.25. The minimum Gasteiger partial charge on any atom is -0.480 e. The summed E-state index contributed by atoms with van der Waals surface area (Å²) in [5.74, 6) is -5.65. The summed E-state index contributed by atoms with van der Waals surface area (Å²) < 4.78 is 24.1. The lowest BCUT2D eigenvalue weighted by atomic mass is 10.1. The third-order valence-electron chi connectivity index (χ3n) is 9.34. The van der Waals surface area contributed by atoms with Crippen molar-refractivity contribution in [3.63, 3.8) is 0 Å². The van der Waals surface area contributed by atoms with Gasteiger partial charge in [-0.15, -0.1) is 0 Å². The molecule has 0 aliphatic carbocycles. The highest BCUT2D eigenvalue weighted by Gasteiger charge is 2.25. The number of hydrogen-bond acceptors (Lipinski definition) is 16. The quantitative estimate of drug-likeness (QED) is 0.0277. The number of hydrogen-bond donors (Lipinski definition) is 11. The highest BCUT2D eigenvalue weighted by atomic mass is 32.2. The summed E-state index contributed by atoms with van der Waals surface area (Å²) in [6.07, 6.45) is 2.14. The van der Waals surface area contributed by atoms with Crippen LogP contribution in [0, 0.1) is 0 Å². The van der Waals surface area contributed by atoms with E-state index in [2.05, 4.69) is 48.9 Å². The van der Waals surface area contributed by atoms with Gasteiger partial charge in [0.25, 0.3) is 5.91 Å². The number of amides is 7. The van der Waals surface area contributed by atoms with E-state index in [1.165, 1.54) is 11.9 Å². The van der Waals surface area contributed by atoms with Crippen molar-refractivity contribution < 1.29 is 72.3 Å². The van der Waals surface area contributed by atoms with Crippen LogP contribution in [0.2, 0.25) is 0 Å². The van der Waals surface area contributed by atoms with Crippen molar-refractivity contribution in [2.45, 2.75) is 89.3 Å². The molecule has 25 heteroatoms. The molecular weight excluding hydrogens is 915 g/mol. The fourth-order valence-electron chi connectivity index (χ4n) is 5.75. The highest BCUT2D eigenvalue weighted by Crippen LogP contribution is 2.10. The van der Waals surface area contributed by atoms with Gasteiger partial charge in [0.15, 0.2) is 0 Å². The second-order valence-corrected chi connectivity index (χ2v) is 16.1. The summed E-state index contributed by atoms with van der Waals surface area (Å²) in [6, 6.07) is 3.32. The Morgan fingerprint density at radius 1 is 0.574 bits per heavy atom. The van der Waals surface area contributed by atoms with Crippen LogP contribution in [-0.2, 0) is 57.3 Å². The Bertz CT molecular complexity index is 1690. The zero-order valence-corrected chi connectivity index (χ0v) is 39.8. The number of carbonyl (C=O) groups excluding carboxylic acids is 7. The topological polar surface area (TPSA) is 353 Å². The minimum atomic E-state index is -1.46. The molecule has 0 spiro atoms. The number of carbonyl (C=O) groups is 9. The van der Waals surface area contributed by atoms with Gasteiger partial charge in [0.2, 0.25) is 35.4 Å². The maximum Gasteiger partial charge on any atom is 0.326 e. The Morgan fingerprint density at radius 2 is 1.09 bits per heavy atom. The Labute approximate surface area is 400 Å². The molecular formula is C43H71N9O15S. The van der Waals surface area contributed by atoms with Crippen molar-refractivity contribution in [2.24, 2.45) is 5.73 Å². The number of benzene rings is 1. The van der Waals surface area contributed by atoms with E-state index in [4.69, 9.17) is 24.7 Å².